The number of guanidine groups is 1. The standard InChI is InChI=1S/C12H16N4O/c13-12(16-6-8-17-9-7-16)15-14-10-11-4-2-1-3-5-11/h1-5,10H,6-9H2,(H2,13,15)/b14-10+. The highest BCUT2D eigenvalue weighted by atomic mass is 16.5. The molecule has 1 aliphatic rings. The van der Waals surface area contributed by atoms with Crippen LogP contribution in [-0.4, -0.2) is 43.4 Å². The van der Waals surface area contributed by atoms with Crippen molar-refractivity contribution < 1.29 is 4.74 Å². The molecular weight excluding hydrogens is 216 g/mol. The van der Waals surface area contributed by atoms with Crippen molar-refractivity contribution in [1.82, 2.24) is 4.90 Å². The van der Waals surface area contributed by atoms with Gasteiger partial charge in [0.25, 0.3) is 0 Å². The predicted octanol–water partition coefficient (Wildman–Crippen LogP) is 0.667. The second-order valence-electron chi connectivity index (χ2n) is 3.71. The molecular formula is C12H16N4O. The largest absolute Gasteiger partial charge is 0.378 e. The second kappa shape index (κ2) is 6.00. The lowest BCUT2D eigenvalue weighted by Crippen LogP contribution is -2.44. The van der Waals surface area contributed by atoms with E-state index in [0.29, 0.717) is 19.2 Å². The molecule has 17 heavy (non-hydrogen) atoms. The number of hydrogen-bond acceptors (Lipinski definition) is 3. The van der Waals surface area contributed by atoms with Crippen LogP contribution < -0.4 is 5.73 Å². The fraction of sp³-hybridized carbons (Fsp3) is 0.333. The normalized spacial score (nSPS) is 17.6. The number of nitrogens with zero attached hydrogens (tertiary/aromatic N) is 3. The van der Waals surface area contributed by atoms with Gasteiger partial charge in [-0.1, -0.05) is 30.3 Å². The zero-order chi connectivity index (χ0) is 11.9. The minimum absolute atomic E-state index is 0.445. The van der Waals surface area contributed by atoms with Gasteiger partial charge in [-0.25, -0.2) is 0 Å². The van der Waals surface area contributed by atoms with Gasteiger partial charge in [-0.3, -0.25) is 0 Å². The minimum Gasteiger partial charge on any atom is -0.378 e. The van der Waals surface area contributed by atoms with Gasteiger partial charge in [0.05, 0.1) is 19.4 Å². The Morgan fingerprint density at radius 3 is 2.65 bits per heavy atom. The summed E-state index contributed by atoms with van der Waals surface area (Å²) in [7, 11) is 0. The summed E-state index contributed by atoms with van der Waals surface area (Å²) >= 11 is 0. The number of rotatable bonds is 2. The van der Waals surface area contributed by atoms with Crippen molar-refractivity contribution in [1.29, 1.82) is 0 Å². The fourth-order valence-corrected chi connectivity index (χ4v) is 1.55. The van der Waals surface area contributed by atoms with Crippen molar-refractivity contribution in [3.8, 4) is 0 Å². The molecule has 1 aromatic rings. The van der Waals surface area contributed by atoms with Gasteiger partial charge in [-0.15, -0.1) is 5.10 Å². The molecule has 0 spiro atoms. The second-order valence-corrected chi connectivity index (χ2v) is 3.71. The highest BCUT2D eigenvalue weighted by Crippen LogP contribution is 1.97. The molecule has 2 rings (SSSR count). The molecule has 0 amide bonds. The van der Waals surface area contributed by atoms with Crippen LogP contribution in [0.25, 0.3) is 0 Å². The molecule has 0 saturated carbocycles. The van der Waals surface area contributed by atoms with E-state index >= 15 is 0 Å². The molecule has 0 aliphatic carbocycles. The maximum absolute atomic E-state index is 5.82. The number of ether oxygens (including phenoxy) is 1. The van der Waals surface area contributed by atoms with Gasteiger partial charge in [-0.2, -0.15) is 5.10 Å². The van der Waals surface area contributed by atoms with E-state index in [-0.39, 0.29) is 0 Å². The summed E-state index contributed by atoms with van der Waals surface area (Å²) in [5.74, 6) is 0.445. The van der Waals surface area contributed by atoms with E-state index in [4.69, 9.17) is 10.5 Å². The maximum Gasteiger partial charge on any atom is 0.216 e. The summed E-state index contributed by atoms with van der Waals surface area (Å²) in [5.41, 5.74) is 6.82. The number of hydrogen-bond donors (Lipinski definition) is 1. The maximum atomic E-state index is 5.82. The summed E-state index contributed by atoms with van der Waals surface area (Å²) in [6, 6.07) is 9.80. The summed E-state index contributed by atoms with van der Waals surface area (Å²) in [5, 5.41) is 7.95. The van der Waals surface area contributed by atoms with Crippen molar-refractivity contribution in [2.75, 3.05) is 26.3 Å². The van der Waals surface area contributed by atoms with E-state index in [1.165, 1.54) is 0 Å². The Bertz CT molecular complexity index is 396. The molecule has 0 unspecified atom stereocenters. The van der Waals surface area contributed by atoms with Crippen LogP contribution in [0.15, 0.2) is 40.5 Å². The first-order chi connectivity index (χ1) is 8.36. The molecule has 0 radical (unpaired) electrons. The Morgan fingerprint density at radius 2 is 1.94 bits per heavy atom. The monoisotopic (exact) mass is 232 g/mol. The molecule has 2 N–H and O–H groups in total. The quantitative estimate of drug-likeness (QED) is 0.463. The zero-order valence-electron chi connectivity index (χ0n) is 9.62. The van der Waals surface area contributed by atoms with E-state index in [0.717, 1.165) is 18.7 Å². The van der Waals surface area contributed by atoms with Crippen LogP contribution in [0.1, 0.15) is 5.56 Å². The third-order valence-electron chi connectivity index (χ3n) is 2.50. The highest BCUT2D eigenvalue weighted by molar-refractivity contribution is 5.82. The lowest BCUT2D eigenvalue weighted by molar-refractivity contribution is 0.0674. The molecule has 1 saturated heterocycles. The van der Waals surface area contributed by atoms with Crippen molar-refractivity contribution in [3.63, 3.8) is 0 Å². The average Bonchev–Trinajstić information content (AvgIpc) is 2.41. The summed E-state index contributed by atoms with van der Waals surface area (Å²) in [6.07, 6.45) is 1.69. The molecule has 0 aromatic heterocycles. The number of nitrogens with two attached hydrogens (primary N) is 1. The van der Waals surface area contributed by atoms with Gasteiger partial charge in [0.15, 0.2) is 0 Å². The first kappa shape index (κ1) is 11.6. The molecule has 1 aliphatic heterocycles. The molecule has 1 aromatic carbocycles. The molecule has 1 heterocycles. The fourth-order valence-electron chi connectivity index (χ4n) is 1.55. The van der Waals surface area contributed by atoms with Crippen LogP contribution in [0.2, 0.25) is 0 Å². The zero-order valence-corrected chi connectivity index (χ0v) is 9.62. The van der Waals surface area contributed by atoms with Crippen LogP contribution in [0.5, 0.6) is 0 Å². The first-order valence-corrected chi connectivity index (χ1v) is 5.60. The molecule has 90 valence electrons. The topological polar surface area (TPSA) is 63.2 Å². The Balaban J connectivity index is 1.93. The number of morpholine rings is 1. The predicted molar refractivity (Wildman–Crippen MR) is 68.1 cm³/mol. The first-order valence-electron chi connectivity index (χ1n) is 5.60. The van der Waals surface area contributed by atoms with Crippen LogP contribution in [0.4, 0.5) is 0 Å². The summed E-state index contributed by atoms with van der Waals surface area (Å²) in [6.45, 7) is 2.93. The summed E-state index contributed by atoms with van der Waals surface area (Å²) in [4.78, 5) is 1.96. The van der Waals surface area contributed by atoms with Crippen LogP contribution in [0, 0.1) is 0 Å². The van der Waals surface area contributed by atoms with Gasteiger partial charge >= 0.3 is 0 Å². The van der Waals surface area contributed by atoms with E-state index in [1.54, 1.807) is 6.21 Å². The van der Waals surface area contributed by atoms with E-state index in [1.807, 2.05) is 35.2 Å². The highest BCUT2D eigenvalue weighted by Gasteiger charge is 2.11. The Kier molecular flexibility index (Phi) is 4.10. The SMILES string of the molecule is N/C(=N\N=C\c1ccccc1)N1CCOCC1. The lowest BCUT2D eigenvalue weighted by Gasteiger charge is -2.26. The Morgan fingerprint density at radius 1 is 1.24 bits per heavy atom. The van der Waals surface area contributed by atoms with Gasteiger partial charge in [-0.05, 0) is 5.56 Å². The van der Waals surface area contributed by atoms with E-state index < -0.39 is 0 Å². The average molecular weight is 232 g/mol. The molecule has 0 atom stereocenters. The molecule has 5 heteroatoms. The van der Waals surface area contributed by atoms with Gasteiger partial charge < -0.3 is 15.4 Å². The third kappa shape index (κ3) is 3.57. The van der Waals surface area contributed by atoms with Crippen molar-refractivity contribution in [3.05, 3.63) is 35.9 Å². The van der Waals surface area contributed by atoms with E-state index in [2.05, 4.69) is 10.2 Å². The summed E-state index contributed by atoms with van der Waals surface area (Å²) < 4.78 is 5.23. The number of benzene rings is 1. The van der Waals surface area contributed by atoms with Crippen LogP contribution in [-0.2, 0) is 4.74 Å². The lowest BCUT2D eigenvalue weighted by atomic mass is 10.2. The van der Waals surface area contributed by atoms with Gasteiger partial charge in [0, 0.05) is 13.1 Å². The molecule has 0 bridgehead atoms. The Labute approximate surface area is 101 Å². The Hall–Kier alpha value is -1.88. The smallest absolute Gasteiger partial charge is 0.216 e. The molecule has 5 nitrogen and oxygen atoms in total. The van der Waals surface area contributed by atoms with Gasteiger partial charge in [0.2, 0.25) is 5.96 Å². The molecule has 1 fully saturated rings. The van der Waals surface area contributed by atoms with Crippen molar-refractivity contribution >= 4 is 12.2 Å². The van der Waals surface area contributed by atoms with Crippen molar-refractivity contribution in [2.24, 2.45) is 15.9 Å². The van der Waals surface area contributed by atoms with Crippen LogP contribution in [0.3, 0.4) is 0 Å². The van der Waals surface area contributed by atoms with E-state index in [9.17, 15) is 0 Å². The third-order valence-corrected chi connectivity index (χ3v) is 2.50. The van der Waals surface area contributed by atoms with Crippen LogP contribution >= 0.6 is 0 Å². The van der Waals surface area contributed by atoms with Gasteiger partial charge in [0.1, 0.15) is 0 Å². The minimum atomic E-state index is 0.445. The van der Waals surface area contributed by atoms with Crippen molar-refractivity contribution in [2.45, 2.75) is 0 Å².